The molecule has 1 aromatic heterocycles. The Kier molecular flexibility index (Phi) is 5.18. The third-order valence-electron chi connectivity index (χ3n) is 4.95. The zero-order valence-corrected chi connectivity index (χ0v) is 14.6. The highest BCUT2D eigenvalue weighted by Crippen LogP contribution is 2.33. The maximum atomic E-state index is 12.2. The molecule has 2 saturated heterocycles. The lowest BCUT2D eigenvalue weighted by Crippen LogP contribution is -2.49. The molecule has 4 rings (SSSR count). The summed E-state index contributed by atoms with van der Waals surface area (Å²) >= 11 is 1.32. The minimum atomic E-state index is -4.24. The largest absolute Gasteiger partial charge is 0.416 e. The van der Waals surface area contributed by atoms with Crippen LogP contribution in [0.1, 0.15) is 38.2 Å². The minimum absolute atomic E-state index is 0.532. The molecule has 6 heteroatoms. The van der Waals surface area contributed by atoms with E-state index in [1.54, 1.807) is 11.4 Å². The summed E-state index contributed by atoms with van der Waals surface area (Å²) in [5, 5.41) is 9.78. The molecule has 1 aromatic carbocycles. The molecule has 0 bridgehead atoms. The molecule has 2 aliphatic rings. The molecule has 132 valence electrons. The van der Waals surface area contributed by atoms with E-state index in [2.05, 4.69) is 17.6 Å². The maximum Gasteiger partial charge on any atom is 0.416 e. The Morgan fingerprint density at radius 1 is 1.12 bits per heavy atom. The first-order valence-corrected chi connectivity index (χ1v) is 9.29. The van der Waals surface area contributed by atoms with Crippen LogP contribution in [0.25, 0.3) is 10.1 Å². The van der Waals surface area contributed by atoms with E-state index in [1.807, 2.05) is 0 Å². The van der Waals surface area contributed by atoms with Crippen LogP contribution in [0, 0.1) is 0 Å². The Morgan fingerprint density at radius 2 is 1.88 bits per heavy atom. The second kappa shape index (κ2) is 7.02. The van der Waals surface area contributed by atoms with E-state index in [0.717, 1.165) is 17.5 Å². The van der Waals surface area contributed by atoms with E-state index >= 15 is 0 Å². The summed E-state index contributed by atoms with van der Waals surface area (Å²) in [5.41, 5.74) is -0.0487. The minimum Gasteiger partial charge on any atom is -0.317 e. The number of benzene rings is 1. The van der Waals surface area contributed by atoms with Crippen molar-refractivity contribution < 1.29 is 13.2 Å². The molecule has 1 atom stereocenters. The number of rotatable bonds is 0. The van der Waals surface area contributed by atoms with E-state index < -0.39 is 11.7 Å². The summed E-state index contributed by atoms with van der Waals surface area (Å²) in [5.74, 6) is 0. The van der Waals surface area contributed by atoms with Crippen LogP contribution in [-0.2, 0) is 6.18 Å². The molecule has 2 nitrogen and oxygen atoms in total. The average Bonchev–Trinajstić information content (AvgIpc) is 3.14. The van der Waals surface area contributed by atoms with E-state index in [4.69, 9.17) is 0 Å². The lowest BCUT2D eigenvalue weighted by molar-refractivity contribution is -0.137. The number of halogens is 3. The monoisotopic (exact) mass is 356 g/mol. The summed E-state index contributed by atoms with van der Waals surface area (Å²) in [4.78, 5) is 0. The molecule has 24 heavy (non-hydrogen) atoms. The topological polar surface area (TPSA) is 24.1 Å². The summed E-state index contributed by atoms with van der Waals surface area (Å²) in [7, 11) is 0. The van der Waals surface area contributed by atoms with Crippen LogP contribution in [0.2, 0.25) is 0 Å². The SMILES string of the molecule is CC1CCC2(CCNCC2)N1.FC(F)(F)c1ccc2ccsc2c1. The highest BCUT2D eigenvalue weighted by molar-refractivity contribution is 7.17. The number of thiophene rings is 1. The van der Waals surface area contributed by atoms with Gasteiger partial charge in [-0.2, -0.15) is 13.2 Å². The second-order valence-corrected chi connectivity index (χ2v) is 7.73. The van der Waals surface area contributed by atoms with E-state index in [9.17, 15) is 13.2 Å². The quantitative estimate of drug-likeness (QED) is 0.708. The summed E-state index contributed by atoms with van der Waals surface area (Å²) < 4.78 is 37.4. The van der Waals surface area contributed by atoms with Gasteiger partial charge in [0.25, 0.3) is 0 Å². The molecule has 0 saturated carbocycles. The second-order valence-electron chi connectivity index (χ2n) is 6.79. The van der Waals surface area contributed by atoms with Gasteiger partial charge in [-0.15, -0.1) is 11.3 Å². The highest BCUT2D eigenvalue weighted by atomic mass is 32.1. The van der Waals surface area contributed by atoms with E-state index in [-0.39, 0.29) is 0 Å². The van der Waals surface area contributed by atoms with Gasteiger partial charge in [0, 0.05) is 16.3 Å². The van der Waals surface area contributed by atoms with Gasteiger partial charge in [-0.3, -0.25) is 0 Å². The van der Waals surface area contributed by atoms with Gasteiger partial charge in [0.15, 0.2) is 0 Å². The van der Waals surface area contributed by atoms with Gasteiger partial charge in [-0.1, -0.05) is 6.07 Å². The summed E-state index contributed by atoms with van der Waals surface area (Å²) in [6.07, 6.45) is 1.20. The van der Waals surface area contributed by atoms with Crippen molar-refractivity contribution in [3.8, 4) is 0 Å². The average molecular weight is 356 g/mol. The first kappa shape index (κ1) is 17.7. The summed E-state index contributed by atoms with van der Waals surface area (Å²) in [6, 6.07) is 6.34. The van der Waals surface area contributed by atoms with Crippen LogP contribution in [0.15, 0.2) is 29.6 Å². The Bertz CT molecular complexity index is 669. The van der Waals surface area contributed by atoms with Gasteiger partial charge in [0.2, 0.25) is 0 Å². The Labute approximate surface area is 144 Å². The van der Waals surface area contributed by atoms with Crippen molar-refractivity contribution >= 4 is 21.4 Å². The van der Waals surface area contributed by atoms with Crippen molar-refractivity contribution in [2.45, 2.75) is 50.4 Å². The van der Waals surface area contributed by atoms with Crippen molar-refractivity contribution in [3.63, 3.8) is 0 Å². The standard InChI is InChI=1S/C9H5F3S.C9H18N2/c10-9(11,12)7-2-1-6-3-4-13-8(6)5-7;1-8-2-3-9(11-8)4-6-10-7-5-9/h1-5H;8,10-11H,2-7H2,1H3. The van der Waals surface area contributed by atoms with Crippen LogP contribution in [0.5, 0.6) is 0 Å². The first-order chi connectivity index (χ1) is 11.4. The number of hydrogen-bond acceptors (Lipinski definition) is 3. The lowest BCUT2D eigenvalue weighted by Gasteiger charge is -2.34. The zero-order chi connectivity index (χ0) is 17.2. The van der Waals surface area contributed by atoms with E-state index in [0.29, 0.717) is 10.2 Å². The highest BCUT2D eigenvalue weighted by Gasteiger charge is 2.37. The molecule has 2 aromatic rings. The molecule has 0 aliphatic carbocycles. The van der Waals surface area contributed by atoms with Crippen LogP contribution in [-0.4, -0.2) is 24.7 Å². The maximum absolute atomic E-state index is 12.2. The molecule has 2 fully saturated rings. The molecule has 0 amide bonds. The molecule has 0 radical (unpaired) electrons. The third kappa shape index (κ3) is 4.10. The van der Waals surface area contributed by atoms with Crippen LogP contribution in [0.3, 0.4) is 0 Å². The van der Waals surface area contributed by atoms with Gasteiger partial charge in [-0.05, 0) is 74.7 Å². The first-order valence-electron chi connectivity index (χ1n) is 8.41. The fraction of sp³-hybridized carbons (Fsp3) is 0.556. The fourth-order valence-electron chi connectivity index (χ4n) is 3.59. The molecular formula is C18H23F3N2S. The van der Waals surface area contributed by atoms with Gasteiger partial charge in [0.1, 0.15) is 0 Å². The third-order valence-corrected chi connectivity index (χ3v) is 5.83. The number of alkyl halides is 3. The lowest BCUT2D eigenvalue weighted by atomic mass is 9.87. The van der Waals surface area contributed by atoms with Crippen LogP contribution >= 0.6 is 11.3 Å². The van der Waals surface area contributed by atoms with Crippen molar-refractivity contribution in [3.05, 3.63) is 35.2 Å². The van der Waals surface area contributed by atoms with Gasteiger partial charge in [-0.25, -0.2) is 0 Å². The molecular weight excluding hydrogens is 333 g/mol. The molecule has 3 heterocycles. The Hall–Kier alpha value is -1.11. The summed E-state index contributed by atoms with van der Waals surface area (Å²) in [6.45, 7) is 4.72. The Morgan fingerprint density at radius 3 is 2.50 bits per heavy atom. The molecule has 1 spiro atoms. The predicted octanol–water partition coefficient (Wildman–Crippen LogP) is 4.80. The fourth-order valence-corrected chi connectivity index (χ4v) is 4.42. The van der Waals surface area contributed by atoms with Crippen LogP contribution in [0.4, 0.5) is 13.2 Å². The van der Waals surface area contributed by atoms with Crippen LogP contribution < -0.4 is 10.6 Å². The normalized spacial score (nSPS) is 23.2. The molecule has 1 unspecified atom stereocenters. The van der Waals surface area contributed by atoms with E-state index in [1.165, 1.54) is 62.2 Å². The zero-order valence-electron chi connectivity index (χ0n) is 13.7. The number of fused-ring (bicyclic) bond motifs is 1. The van der Waals surface area contributed by atoms with Crippen molar-refractivity contribution in [2.75, 3.05) is 13.1 Å². The predicted molar refractivity (Wildman–Crippen MR) is 93.5 cm³/mol. The van der Waals surface area contributed by atoms with Crippen molar-refractivity contribution in [1.82, 2.24) is 10.6 Å². The number of nitrogens with one attached hydrogen (secondary N) is 2. The molecule has 2 aliphatic heterocycles. The van der Waals surface area contributed by atoms with Gasteiger partial charge >= 0.3 is 6.18 Å². The number of hydrogen-bond donors (Lipinski definition) is 2. The smallest absolute Gasteiger partial charge is 0.317 e. The van der Waals surface area contributed by atoms with Crippen molar-refractivity contribution in [1.29, 1.82) is 0 Å². The number of piperidine rings is 1. The van der Waals surface area contributed by atoms with Gasteiger partial charge in [0.05, 0.1) is 5.56 Å². The Balaban J connectivity index is 0.000000143. The molecule has 2 N–H and O–H groups in total. The van der Waals surface area contributed by atoms with Gasteiger partial charge < -0.3 is 10.6 Å². The van der Waals surface area contributed by atoms with Crippen molar-refractivity contribution in [2.24, 2.45) is 0 Å².